The Morgan fingerprint density at radius 3 is 2.79 bits per heavy atom. The third kappa shape index (κ3) is 4.21. The van der Waals surface area contributed by atoms with Crippen molar-refractivity contribution in [2.75, 3.05) is 0 Å². The van der Waals surface area contributed by atoms with Gasteiger partial charge in [-0.25, -0.2) is 0 Å². The number of nitrogens with one attached hydrogen (secondary N) is 1. The highest BCUT2D eigenvalue weighted by Crippen LogP contribution is 2.07. The van der Waals surface area contributed by atoms with Gasteiger partial charge in [-0.3, -0.25) is 0 Å². The van der Waals surface area contributed by atoms with Crippen LogP contribution in [0.1, 0.15) is 45.0 Å². The lowest BCUT2D eigenvalue weighted by Gasteiger charge is -2.19. The van der Waals surface area contributed by atoms with Crippen LogP contribution in [-0.4, -0.2) is 20.2 Å². The Morgan fingerprint density at radius 1 is 1.37 bits per heavy atom. The quantitative estimate of drug-likeness (QED) is 0.898. The first-order valence-electron chi connectivity index (χ1n) is 6.67. The van der Waals surface area contributed by atoms with Crippen LogP contribution >= 0.6 is 0 Å². The van der Waals surface area contributed by atoms with Crippen molar-refractivity contribution < 1.29 is 4.52 Å². The maximum Gasteiger partial charge on any atom is 0.246 e. The summed E-state index contributed by atoms with van der Waals surface area (Å²) in [7, 11) is 0. The maximum absolute atomic E-state index is 5.19. The average molecular weight is 262 g/mol. The van der Waals surface area contributed by atoms with Crippen LogP contribution in [0.4, 0.5) is 0 Å². The van der Waals surface area contributed by atoms with E-state index < -0.39 is 0 Å². The molecule has 0 saturated heterocycles. The Kier molecular flexibility index (Phi) is 4.04. The SMILES string of the molecule is CCc1noc(Cn2ccc(CNC(C)(C)C)c2)n1. The fourth-order valence-electron chi connectivity index (χ4n) is 1.71. The molecule has 0 fully saturated rings. The number of rotatable bonds is 5. The lowest BCUT2D eigenvalue weighted by Crippen LogP contribution is -2.34. The van der Waals surface area contributed by atoms with Gasteiger partial charge in [0, 0.05) is 30.9 Å². The first-order valence-corrected chi connectivity index (χ1v) is 6.67. The molecule has 2 heterocycles. The van der Waals surface area contributed by atoms with Gasteiger partial charge in [-0.05, 0) is 32.4 Å². The molecule has 0 aromatic carbocycles. The molecule has 0 aliphatic heterocycles. The fraction of sp³-hybridized carbons (Fsp3) is 0.571. The van der Waals surface area contributed by atoms with Gasteiger partial charge in [0.1, 0.15) is 6.54 Å². The molecule has 0 aliphatic carbocycles. The molecule has 0 radical (unpaired) electrons. The standard InChI is InChI=1S/C14H22N4O/c1-5-12-16-13(19-17-12)10-18-7-6-11(9-18)8-15-14(2,3)4/h6-7,9,15H,5,8,10H2,1-4H3. The highest BCUT2D eigenvalue weighted by Gasteiger charge is 2.09. The van der Waals surface area contributed by atoms with Crippen molar-refractivity contribution in [1.82, 2.24) is 20.0 Å². The predicted molar refractivity (Wildman–Crippen MR) is 73.8 cm³/mol. The van der Waals surface area contributed by atoms with Crippen LogP contribution in [0, 0.1) is 0 Å². The summed E-state index contributed by atoms with van der Waals surface area (Å²) in [6.07, 6.45) is 4.94. The van der Waals surface area contributed by atoms with Crippen molar-refractivity contribution in [2.45, 2.75) is 52.7 Å². The second-order valence-corrected chi connectivity index (χ2v) is 5.75. The molecule has 0 unspecified atom stereocenters. The molecule has 104 valence electrons. The Labute approximate surface area is 114 Å². The van der Waals surface area contributed by atoms with E-state index in [9.17, 15) is 0 Å². The van der Waals surface area contributed by atoms with Gasteiger partial charge in [-0.2, -0.15) is 4.98 Å². The van der Waals surface area contributed by atoms with Crippen LogP contribution in [-0.2, 0) is 19.5 Å². The van der Waals surface area contributed by atoms with Gasteiger partial charge < -0.3 is 14.4 Å². The molecular weight excluding hydrogens is 240 g/mol. The minimum atomic E-state index is 0.130. The van der Waals surface area contributed by atoms with Crippen LogP contribution in [0.3, 0.4) is 0 Å². The van der Waals surface area contributed by atoms with Crippen LogP contribution in [0.25, 0.3) is 0 Å². The molecule has 2 rings (SSSR count). The van der Waals surface area contributed by atoms with E-state index >= 15 is 0 Å². The lowest BCUT2D eigenvalue weighted by molar-refractivity contribution is 0.366. The molecule has 5 heteroatoms. The monoisotopic (exact) mass is 262 g/mol. The maximum atomic E-state index is 5.19. The molecule has 0 atom stereocenters. The van der Waals surface area contributed by atoms with Crippen molar-refractivity contribution in [1.29, 1.82) is 0 Å². The van der Waals surface area contributed by atoms with Crippen LogP contribution in [0.5, 0.6) is 0 Å². The van der Waals surface area contributed by atoms with Crippen molar-refractivity contribution in [3.05, 3.63) is 35.7 Å². The van der Waals surface area contributed by atoms with Gasteiger partial charge in [0.15, 0.2) is 5.82 Å². The Balaban J connectivity index is 1.93. The first-order chi connectivity index (χ1) is 8.96. The van der Waals surface area contributed by atoms with Crippen molar-refractivity contribution >= 4 is 0 Å². The lowest BCUT2D eigenvalue weighted by atomic mass is 10.1. The molecular formula is C14H22N4O. The minimum Gasteiger partial charge on any atom is -0.345 e. The normalized spacial score (nSPS) is 12.0. The largest absolute Gasteiger partial charge is 0.345 e. The minimum absolute atomic E-state index is 0.130. The van der Waals surface area contributed by atoms with Crippen molar-refractivity contribution in [2.24, 2.45) is 0 Å². The van der Waals surface area contributed by atoms with Crippen molar-refractivity contribution in [3.8, 4) is 0 Å². The molecule has 0 saturated carbocycles. The predicted octanol–water partition coefficient (Wildman–Crippen LogP) is 2.37. The highest BCUT2D eigenvalue weighted by atomic mass is 16.5. The number of hydrogen-bond donors (Lipinski definition) is 1. The third-order valence-corrected chi connectivity index (χ3v) is 2.78. The Morgan fingerprint density at radius 2 is 2.16 bits per heavy atom. The number of aryl methyl sites for hydroxylation is 1. The number of nitrogens with zero attached hydrogens (tertiary/aromatic N) is 3. The third-order valence-electron chi connectivity index (χ3n) is 2.78. The van der Waals surface area contributed by atoms with E-state index in [4.69, 9.17) is 4.52 Å². The van der Waals surface area contributed by atoms with Crippen LogP contribution < -0.4 is 5.32 Å². The Hall–Kier alpha value is -1.62. The summed E-state index contributed by atoms with van der Waals surface area (Å²) in [6, 6.07) is 2.11. The summed E-state index contributed by atoms with van der Waals surface area (Å²) in [4.78, 5) is 4.30. The summed E-state index contributed by atoms with van der Waals surface area (Å²) < 4.78 is 7.25. The van der Waals surface area contributed by atoms with E-state index in [-0.39, 0.29) is 5.54 Å². The molecule has 1 N–H and O–H groups in total. The zero-order valence-corrected chi connectivity index (χ0v) is 12.1. The first kappa shape index (κ1) is 13.8. The van der Waals surface area contributed by atoms with E-state index in [1.165, 1.54) is 5.56 Å². The zero-order valence-electron chi connectivity index (χ0n) is 12.1. The van der Waals surface area contributed by atoms with Crippen LogP contribution in [0.2, 0.25) is 0 Å². The summed E-state index contributed by atoms with van der Waals surface area (Å²) in [5.41, 5.74) is 1.38. The summed E-state index contributed by atoms with van der Waals surface area (Å²) in [5.74, 6) is 1.42. The van der Waals surface area contributed by atoms with Crippen molar-refractivity contribution in [3.63, 3.8) is 0 Å². The molecule has 2 aromatic heterocycles. The van der Waals surface area contributed by atoms with Crippen LogP contribution in [0.15, 0.2) is 23.0 Å². The van der Waals surface area contributed by atoms with Gasteiger partial charge in [-0.15, -0.1) is 0 Å². The molecule has 5 nitrogen and oxygen atoms in total. The van der Waals surface area contributed by atoms with E-state index in [0.29, 0.717) is 12.4 Å². The van der Waals surface area contributed by atoms with Gasteiger partial charge in [0.2, 0.25) is 5.89 Å². The van der Waals surface area contributed by atoms with Gasteiger partial charge in [0.05, 0.1) is 0 Å². The van der Waals surface area contributed by atoms with E-state index in [2.05, 4.69) is 53.1 Å². The molecule has 19 heavy (non-hydrogen) atoms. The van der Waals surface area contributed by atoms with E-state index in [1.54, 1.807) is 0 Å². The molecule has 0 amide bonds. The number of hydrogen-bond acceptors (Lipinski definition) is 4. The summed E-state index contributed by atoms with van der Waals surface area (Å²) in [5, 5.41) is 7.36. The van der Waals surface area contributed by atoms with E-state index in [1.807, 2.05) is 13.1 Å². The smallest absolute Gasteiger partial charge is 0.246 e. The summed E-state index contributed by atoms with van der Waals surface area (Å²) >= 11 is 0. The second kappa shape index (κ2) is 5.57. The Bertz CT molecular complexity index is 522. The fourth-order valence-corrected chi connectivity index (χ4v) is 1.71. The molecule has 0 aliphatic rings. The molecule has 2 aromatic rings. The van der Waals surface area contributed by atoms with Gasteiger partial charge in [0.25, 0.3) is 0 Å². The second-order valence-electron chi connectivity index (χ2n) is 5.75. The zero-order chi connectivity index (χ0) is 13.9. The van der Waals surface area contributed by atoms with Gasteiger partial charge in [-0.1, -0.05) is 12.1 Å². The highest BCUT2D eigenvalue weighted by molar-refractivity contribution is 5.11. The van der Waals surface area contributed by atoms with Gasteiger partial charge >= 0.3 is 0 Å². The molecule has 0 bridgehead atoms. The summed E-state index contributed by atoms with van der Waals surface area (Å²) in [6.45, 7) is 9.99. The topological polar surface area (TPSA) is 55.9 Å². The molecule has 0 spiro atoms. The number of aromatic nitrogens is 3. The van der Waals surface area contributed by atoms with E-state index in [0.717, 1.165) is 18.8 Å². The average Bonchev–Trinajstić information content (AvgIpc) is 2.95.